The summed E-state index contributed by atoms with van der Waals surface area (Å²) in [6.07, 6.45) is -1.97. The molecule has 222 valence electrons. The van der Waals surface area contributed by atoms with E-state index in [1.165, 1.54) is 24.3 Å². The Hall–Kier alpha value is -2.40. The smallest absolute Gasteiger partial charge is 0.396 e. The monoisotopic (exact) mass is 616 g/mol. The molecule has 5 atom stereocenters. The summed E-state index contributed by atoms with van der Waals surface area (Å²) in [4.78, 5) is 24.3. The van der Waals surface area contributed by atoms with E-state index in [9.17, 15) is 27.9 Å². The highest BCUT2D eigenvalue weighted by molar-refractivity contribution is 6.34. The lowest BCUT2D eigenvalue weighted by molar-refractivity contribution is -0.169. The number of hydrogen-bond acceptors (Lipinski definition) is 5. The molecule has 2 aliphatic heterocycles. The molecule has 2 aromatic carbocycles. The van der Waals surface area contributed by atoms with Gasteiger partial charge in [0.15, 0.2) is 5.78 Å². The lowest BCUT2D eigenvalue weighted by Crippen LogP contribution is -2.45. The van der Waals surface area contributed by atoms with E-state index >= 15 is 4.39 Å². The van der Waals surface area contributed by atoms with Gasteiger partial charge >= 0.3 is 12.1 Å². The molecule has 5 rings (SSSR count). The van der Waals surface area contributed by atoms with E-state index in [4.69, 9.17) is 27.9 Å². The third-order valence-corrected chi connectivity index (χ3v) is 8.73. The maximum atomic E-state index is 15.3. The Morgan fingerprint density at radius 2 is 1.68 bits per heavy atom. The van der Waals surface area contributed by atoms with Gasteiger partial charge in [-0.15, -0.1) is 0 Å². The van der Waals surface area contributed by atoms with Crippen molar-refractivity contribution in [2.75, 3.05) is 19.7 Å². The number of carboxylic acid groups (broad SMARTS) is 1. The van der Waals surface area contributed by atoms with Crippen LogP contribution in [0.3, 0.4) is 0 Å². The fraction of sp³-hybridized carbons (Fsp3) is 0.517. The summed E-state index contributed by atoms with van der Waals surface area (Å²) in [6.45, 7) is 0.546. The van der Waals surface area contributed by atoms with Gasteiger partial charge in [0.1, 0.15) is 17.6 Å². The van der Waals surface area contributed by atoms with E-state index in [-0.39, 0.29) is 58.8 Å². The number of ether oxygens (including phenoxy) is 1. The molecule has 2 aromatic rings. The standard InChI is InChI=1S/C29H30Cl2F4N2O4/c30-17-7-16(8-18(31)9-17)26(29(33,34)35)21-12-36-6-5-15(21)13-41-25-11-22(32)20(10-19(25)14-1-2-14)27(38)23-3-4-24(37-23)28(39)40/h7-11,14-15,21,23-24,26,36-37H,1-6,12-13H2,(H,39,40). The minimum atomic E-state index is -4.57. The molecule has 0 bridgehead atoms. The zero-order valence-electron chi connectivity index (χ0n) is 21.9. The first-order chi connectivity index (χ1) is 19.4. The molecule has 2 saturated heterocycles. The number of carbonyl (C=O) groups is 2. The van der Waals surface area contributed by atoms with E-state index in [1.807, 2.05) is 0 Å². The third-order valence-electron chi connectivity index (χ3n) is 8.30. The van der Waals surface area contributed by atoms with Crippen LogP contribution >= 0.6 is 23.2 Å². The molecule has 0 aromatic heterocycles. The number of halogens is 6. The summed E-state index contributed by atoms with van der Waals surface area (Å²) in [5.41, 5.74) is 0.478. The highest BCUT2D eigenvalue weighted by Gasteiger charge is 2.49. The second kappa shape index (κ2) is 12.1. The van der Waals surface area contributed by atoms with Crippen molar-refractivity contribution in [2.45, 2.75) is 62.2 Å². The number of ketones is 1. The second-order valence-electron chi connectivity index (χ2n) is 11.1. The molecule has 0 spiro atoms. The summed E-state index contributed by atoms with van der Waals surface area (Å²) in [6, 6.07) is 4.89. The summed E-state index contributed by atoms with van der Waals surface area (Å²) >= 11 is 12.1. The lowest BCUT2D eigenvalue weighted by Gasteiger charge is -2.38. The van der Waals surface area contributed by atoms with Gasteiger partial charge in [-0.3, -0.25) is 14.9 Å². The van der Waals surface area contributed by atoms with Gasteiger partial charge in [-0.2, -0.15) is 13.2 Å². The molecule has 3 N–H and O–H groups in total. The highest BCUT2D eigenvalue weighted by Crippen LogP contribution is 2.48. The maximum Gasteiger partial charge on any atom is 0.396 e. The van der Waals surface area contributed by atoms with Crippen molar-refractivity contribution in [3.05, 3.63) is 62.9 Å². The van der Waals surface area contributed by atoms with Gasteiger partial charge in [-0.25, -0.2) is 4.39 Å². The van der Waals surface area contributed by atoms with Crippen molar-refractivity contribution in [2.24, 2.45) is 11.8 Å². The minimum Gasteiger partial charge on any atom is -0.493 e. The van der Waals surface area contributed by atoms with E-state index in [2.05, 4.69) is 10.6 Å². The molecule has 0 amide bonds. The van der Waals surface area contributed by atoms with Crippen LogP contribution in [0.2, 0.25) is 10.0 Å². The molecule has 3 aliphatic rings. The van der Waals surface area contributed by atoms with Crippen molar-refractivity contribution >= 4 is 35.0 Å². The average Bonchev–Trinajstić information content (AvgIpc) is 3.61. The van der Waals surface area contributed by atoms with Crippen molar-refractivity contribution < 1.29 is 37.0 Å². The van der Waals surface area contributed by atoms with Crippen LogP contribution in [0.25, 0.3) is 0 Å². The van der Waals surface area contributed by atoms with Crippen LogP contribution in [0.1, 0.15) is 65.4 Å². The Bertz CT molecular complexity index is 1300. The van der Waals surface area contributed by atoms with Crippen LogP contribution in [-0.4, -0.2) is 54.8 Å². The van der Waals surface area contributed by atoms with Gasteiger partial charge in [0.25, 0.3) is 0 Å². The van der Waals surface area contributed by atoms with Crippen LogP contribution in [0.5, 0.6) is 5.75 Å². The van der Waals surface area contributed by atoms with Crippen LogP contribution in [-0.2, 0) is 4.79 Å². The fourth-order valence-electron chi connectivity index (χ4n) is 6.10. The number of carbonyl (C=O) groups excluding carboxylic acids is 1. The summed E-state index contributed by atoms with van der Waals surface area (Å²) in [7, 11) is 0. The zero-order valence-corrected chi connectivity index (χ0v) is 23.5. The van der Waals surface area contributed by atoms with Crippen LogP contribution in [0, 0.1) is 17.7 Å². The Labute approximate surface area is 244 Å². The Kier molecular flexibility index (Phi) is 8.85. The summed E-state index contributed by atoms with van der Waals surface area (Å²) in [5, 5.41) is 15.2. The molecule has 3 fully saturated rings. The Morgan fingerprint density at radius 3 is 2.29 bits per heavy atom. The van der Waals surface area contributed by atoms with Crippen molar-refractivity contribution in [1.82, 2.24) is 10.6 Å². The van der Waals surface area contributed by atoms with Crippen LogP contribution in [0.4, 0.5) is 17.6 Å². The molecule has 1 aliphatic carbocycles. The minimum absolute atomic E-state index is 0.0214. The molecule has 5 unspecified atom stereocenters. The Morgan fingerprint density at radius 1 is 1.00 bits per heavy atom. The normalized spacial score (nSPS) is 25.6. The molecule has 41 heavy (non-hydrogen) atoms. The number of hydrogen-bond donors (Lipinski definition) is 3. The highest BCUT2D eigenvalue weighted by atomic mass is 35.5. The molecule has 6 nitrogen and oxygen atoms in total. The molecular weight excluding hydrogens is 587 g/mol. The van der Waals surface area contributed by atoms with Crippen LogP contribution in [0.15, 0.2) is 30.3 Å². The van der Waals surface area contributed by atoms with Gasteiger partial charge in [-0.05, 0) is 98.3 Å². The van der Waals surface area contributed by atoms with E-state index in [0.29, 0.717) is 18.5 Å². The fourth-order valence-corrected chi connectivity index (χ4v) is 6.64. The zero-order chi connectivity index (χ0) is 29.5. The molecule has 12 heteroatoms. The van der Waals surface area contributed by atoms with Gasteiger partial charge in [0, 0.05) is 16.1 Å². The predicted molar refractivity (Wildman–Crippen MR) is 146 cm³/mol. The number of rotatable bonds is 9. The molecule has 1 saturated carbocycles. The number of carboxylic acids is 1. The topological polar surface area (TPSA) is 87.7 Å². The van der Waals surface area contributed by atoms with E-state index in [1.54, 1.807) is 0 Å². The molecular formula is C29H30Cl2F4N2O4. The summed E-state index contributed by atoms with van der Waals surface area (Å²) < 4.78 is 64.7. The van der Waals surface area contributed by atoms with Gasteiger partial charge < -0.3 is 15.2 Å². The number of nitrogens with one attached hydrogen (secondary N) is 2. The quantitative estimate of drug-likeness (QED) is 0.225. The number of benzene rings is 2. The average molecular weight is 617 g/mol. The van der Waals surface area contributed by atoms with Gasteiger partial charge in [-0.1, -0.05) is 23.2 Å². The number of Topliss-reactive ketones (excluding diaryl/α,β-unsaturated/α-hetero) is 1. The maximum absolute atomic E-state index is 15.3. The molecule has 2 heterocycles. The SMILES string of the molecule is O=C(O)C1CCC(C(=O)c2cc(C3CC3)c(OCC3CCNCC3C(c3cc(Cl)cc(Cl)c3)C(F)(F)F)cc2F)N1. The largest absolute Gasteiger partial charge is 0.493 e. The van der Waals surface area contributed by atoms with Crippen molar-refractivity contribution in [3.63, 3.8) is 0 Å². The first-order valence-corrected chi connectivity index (χ1v) is 14.4. The predicted octanol–water partition coefficient (Wildman–Crippen LogP) is 6.35. The van der Waals surface area contributed by atoms with E-state index < -0.39 is 53.6 Å². The first kappa shape index (κ1) is 30.1. The third kappa shape index (κ3) is 6.82. The first-order valence-electron chi connectivity index (χ1n) is 13.6. The van der Waals surface area contributed by atoms with Crippen molar-refractivity contribution in [3.8, 4) is 5.75 Å². The lowest BCUT2D eigenvalue weighted by atomic mass is 9.74. The Balaban J connectivity index is 1.37. The molecule has 0 radical (unpaired) electrons. The van der Waals surface area contributed by atoms with E-state index in [0.717, 1.165) is 18.9 Å². The number of piperidine rings is 1. The van der Waals surface area contributed by atoms with Crippen molar-refractivity contribution in [1.29, 1.82) is 0 Å². The number of alkyl halides is 3. The second-order valence-corrected chi connectivity index (χ2v) is 12.0. The number of aliphatic carboxylic acids is 1. The van der Waals surface area contributed by atoms with Gasteiger partial charge in [0.05, 0.1) is 24.1 Å². The summed E-state index contributed by atoms with van der Waals surface area (Å²) in [5.74, 6) is -5.35. The van der Waals surface area contributed by atoms with Crippen LogP contribution < -0.4 is 15.4 Å². The van der Waals surface area contributed by atoms with Gasteiger partial charge in [0.2, 0.25) is 0 Å².